The summed E-state index contributed by atoms with van der Waals surface area (Å²) in [5.74, 6) is 0. The van der Waals surface area contributed by atoms with Gasteiger partial charge in [0, 0.05) is 28.9 Å². The van der Waals surface area contributed by atoms with Crippen LogP contribution in [0.4, 0.5) is 0 Å². The molecular weight excluding hydrogens is 346 g/mol. The van der Waals surface area contributed by atoms with Crippen molar-refractivity contribution >= 4 is 48.1 Å². The fourth-order valence-electron chi connectivity index (χ4n) is 0.980. The number of sulfonamides is 1. The maximum Gasteiger partial charge on any atom is 0.250 e. The normalized spacial score (nSPS) is 15.8. The van der Waals surface area contributed by atoms with Crippen LogP contribution in [0.1, 0.15) is 12.5 Å². The second-order valence-electron chi connectivity index (χ2n) is 3.68. The van der Waals surface area contributed by atoms with Gasteiger partial charge in [-0.1, -0.05) is 0 Å². The Morgan fingerprint density at radius 2 is 2.18 bits per heavy atom. The molecule has 1 aromatic heterocycles. The molecule has 0 aromatic carbocycles. The van der Waals surface area contributed by atoms with E-state index in [-0.39, 0.29) is 16.0 Å². The number of halogens is 1. The summed E-state index contributed by atoms with van der Waals surface area (Å²) in [6.45, 7) is 3.76. The lowest BCUT2D eigenvalue weighted by Crippen LogP contribution is -2.32. The van der Waals surface area contributed by atoms with Gasteiger partial charge in [-0.15, -0.1) is 11.3 Å². The summed E-state index contributed by atoms with van der Waals surface area (Å²) in [5, 5.41) is -0.200. The van der Waals surface area contributed by atoms with Crippen molar-refractivity contribution in [2.75, 3.05) is 12.8 Å². The summed E-state index contributed by atoms with van der Waals surface area (Å²) in [7, 11) is -4.52. The Labute approximate surface area is 116 Å². The predicted octanol–water partition coefficient (Wildman–Crippen LogP) is 1.86. The van der Waals surface area contributed by atoms with Crippen molar-refractivity contribution < 1.29 is 12.6 Å². The van der Waals surface area contributed by atoms with Crippen molar-refractivity contribution in [1.82, 2.24) is 4.72 Å². The average molecular weight is 360 g/mol. The second-order valence-corrected chi connectivity index (χ2v) is 9.85. The van der Waals surface area contributed by atoms with E-state index in [2.05, 4.69) is 20.7 Å². The molecule has 0 fully saturated rings. The van der Waals surface area contributed by atoms with Gasteiger partial charge in [0.25, 0.3) is 0 Å². The van der Waals surface area contributed by atoms with Crippen LogP contribution in [0.5, 0.6) is 0 Å². The minimum absolute atomic E-state index is 0.181. The van der Waals surface area contributed by atoms with Crippen LogP contribution in [-0.2, 0) is 20.8 Å². The number of hydrogen-bond acceptors (Lipinski definition) is 4. The average Bonchev–Trinajstić information content (AvgIpc) is 2.56. The maximum atomic E-state index is 11.9. The van der Waals surface area contributed by atoms with Gasteiger partial charge in [0.1, 0.15) is 4.21 Å². The van der Waals surface area contributed by atoms with Crippen LogP contribution >= 0.6 is 27.3 Å². The van der Waals surface area contributed by atoms with Crippen LogP contribution in [0.25, 0.3) is 0 Å². The van der Waals surface area contributed by atoms with Crippen molar-refractivity contribution in [2.45, 2.75) is 23.3 Å². The van der Waals surface area contributed by atoms with Crippen molar-refractivity contribution in [3.63, 3.8) is 0 Å². The van der Waals surface area contributed by atoms with Crippen LogP contribution in [0.2, 0.25) is 0 Å². The Bertz CT molecular complexity index is 504. The third-order valence-electron chi connectivity index (χ3n) is 2.23. The van der Waals surface area contributed by atoms with E-state index in [1.54, 1.807) is 19.2 Å². The zero-order valence-corrected chi connectivity index (χ0v) is 13.7. The molecule has 0 saturated heterocycles. The molecule has 4 nitrogen and oxygen atoms in total. The molecule has 1 heterocycles. The minimum atomic E-state index is -3.49. The van der Waals surface area contributed by atoms with Gasteiger partial charge in [-0.05, 0) is 41.4 Å². The highest BCUT2D eigenvalue weighted by Gasteiger charge is 2.19. The van der Waals surface area contributed by atoms with E-state index in [0.29, 0.717) is 0 Å². The molecule has 98 valence electrons. The summed E-state index contributed by atoms with van der Waals surface area (Å²) in [6.07, 6.45) is 1.56. The lowest BCUT2D eigenvalue weighted by molar-refractivity contribution is 0.582. The van der Waals surface area contributed by atoms with Gasteiger partial charge >= 0.3 is 0 Å². The highest BCUT2D eigenvalue weighted by molar-refractivity contribution is 9.11. The summed E-state index contributed by atoms with van der Waals surface area (Å²) in [6, 6.07) is 1.62. The van der Waals surface area contributed by atoms with Crippen molar-refractivity contribution in [3.05, 3.63) is 15.4 Å². The van der Waals surface area contributed by atoms with Gasteiger partial charge in [-0.3, -0.25) is 4.21 Å². The molecule has 1 N–H and O–H groups in total. The molecule has 0 saturated carbocycles. The standard InChI is InChI=1S/C9H14BrNO3S3/c1-6-4-8(15-9(6)10)17(13,14)11-5-7(2)16(3)12/h4,7,11H,5H2,1-3H3. The van der Waals surface area contributed by atoms with Crippen LogP contribution in [0.3, 0.4) is 0 Å². The molecule has 0 bridgehead atoms. The first-order valence-corrected chi connectivity index (χ1v) is 9.53. The number of nitrogens with one attached hydrogen (secondary N) is 1. The molecule has 0 amide bonds. The van der Waals surface area contributed by atoms with Gasteiger partial charge in [0.05, 0.1) is 3.79 Å². The van der Waals surface area contributed by atoms with E-state index in [1.807, 2.05) is 6.92 Å². The molecule has 17 heavy (non-hydrogen) atoms. The molecule has 2 atom stereocenters. The van der Waals surface area contributed by atoms with E-state index in [4.69, 9.17) is 0 Å². The lowest BCUT2D eigenvalue weighted by atomic mass is 10.4. The van der Waals surface area contributed by atoms with E-state index in [0.717, 1.165) is 9.35 Å². The second kappa shape index (κ2) is 5.92. The van der Waals surface area contributed by atoms with Gasteiger partial charge in [-0.25, -0.2) is 13.1 Å². The number of aryl methyl sites for hydroxylation is 1. The maximum absolute atomic E-state index is 11.9. The predicted molar refractivity (Wildman–Crippen MR) is 75.5 cm³/mol. The van der Waals surface area contributed by atoms with Crippen LogP contribution in [0, 0.1) is 6.92 Å². The summed E-state index contributed by atoms with van der Waals surface area (Å²) < 4.78 is 38.5. The SMILES string of the molecule is Cc1cc(S(=O)(=O)NCC(C)S(C)=O)sc1Br. The van der Waals surface area contributed by atoms with Gasteiger partial charge in [0.15, 0.2) is 0 Å². The quantitative estimate of drug-likeness (QED) is 0.872. The van der Waals surface area contributed by atoms with Crippen molar-refractivity contribution in [3.8, 4) is 0 Å². The van der Waals surface area contributed by atoms with Crippen molar-refractivity contribution in [1.29, 1.82) is 0 Å². The topological polar surface area (TPSA) is 63.2 Å². The van der Waals surface area contributed by atoms with E-state index < -0.39 is 20.8 Å². The minimum Gasteiger partial charge on any atom is -0.260 e. The number of rotatable bonds is 5. The fourth-order valence-corrected chi connectivity index (χ4v) is 4.80. The monoisotopic (exact) mass is 359 g/mol. The molecule has 0 aliphatic heterocycles. The molecule has 0 spiro atoms. The van der Waals surface area contributed by atoms with Crippen LogP contribution < -0.4 is 4.72 Å². The molecule has 1 rings (SSSR count). The molecule has 2 unspecified atom stereocenters. The molecule has 0 aliphatic rings. The van der Waals surface area contributed by atoms with Gasteiger partial charge in [-0.2, -0.15) is 0 Å². The molecule has 1 aromatic rings. The first kappa shape index (κ1) is 15.3. The smallest absolute Gasteiger partial charge is 0.250 e. The highest BCUT2D eigenvalue weighted by atomic mass is 79.9. The number of thiophene rings is 1. The van der Waals surface area contributed by atoms with E-state index in [1.165, 1.54) is 11.3 Å². The number of hydrogen-bond donors (Lipinski definition) is 1. The summed E-state index contributed by atoms with van der Waals surface area (Å²) in [4.78, 5) is 0. The van der Waals surface area contributed by atoms with Gasteiger partial charge < -0.3 is 0 Å². The van der Waals surface area contributed by atoms with E-state index >= 15 is 0 Å². The largest absolute Gasteiger partial charge is 0.260 e. The zero-order valence-electron chi connectivity index (χ0n) is 9.69. The van der Waals surface area contributed by atoms with Crippen molar-refractivity contribution in [2.24, 2.45) is 0 Å². The first-order chi connectivity index (χ1) is 7.74. The Kier molecular flexibility index (Phi) is 5.33. The molecule has 0 aliphatic carbocycles. The Balaban J connectivity index is 2.79. The third-order valence-corrected chi connectivity index (χ3v) is 7.56. The Hall–Kier alpha value is 0.240. The first-order valence-electron chi connectivity index (χ1n) is 4.82. The van der Waals surface area contributed by atoms with Crippen LogP contribution in [0.15, 0.2) is 14.1 Å². The van der Waals surface area contributed by atoms with E-state index in [9.17, 15) is 12.6 Å². The third kappa shape index (κ3) is 4.13. The summed E-state index contributed by atoms with van der Waals surface area (Å²) >= 11 is 4.46. The Morgan fingerprint density at radius 3 is 2.59 bits per heavy atom. The van der Waals surface area contributed by atoms with Crippen LogP contribution in [-0.4, -0.2) is 30.7 Å². The molecule has 0 radical (unpaired) electrons. The Morgan fingerprint density at radius 1 is 1.59 bits per heavy atom. The zero-order chi connectivity index (χ0) is 13.2. The molecular formula is C9H14BrNO3S3. The lowest BCUT2D eigenvalue weighted by Gasteiger charge is -2.09. The fraction of sp³-hybridized carbons (Fsp3) is 0.556. The summed E-state index contributed by atoms with van der Waals surface area (Å²) in [5.41, 5.74) is 0.891. The van der Waals surface area contributed by atoms with Gasteiger partial charge in [0.2, 0.25) is 10.0 Å². The molecule has 8 heteroatoms. The highest BCUT2D eigenvalue weighted by Crippen LogP contribution is 2.30.